The molecule has 1 amide bonds. The Morgan fingerprint density at radius 1 is 1.00 bits per heavy atom. The molecule has 31 heavy (non-hydrogen) atoms. The van der Waals surface area contributed by atoms with Crippen LogP contribution >= 0.6 is 0 Å². The van der Waals surface area contributed by atoms with Gasteiger partial charge in [-0.3, -0.25) is 4.98 Å². The summed E-state index contributed by atoms with van der Waals surface area (Å²) >= 11 is 0. The average molecular weight is 413 g/mol. The van der Waals surface area contributed by atoms with Crippen LogP contribution in [-0.4, -0.2) is 27.1 Å². The van der Waals surface area contributed by atoms with Gasteiger partial charge in [-0.1, -0.05) is 59.8 Å². The highest BCUT2D eigenvalue weighted by Gasteiger charge is 2.15. The number of carbonyl (C=O) groups excluding carboxylic acids is 1. The Labute approximate surface area is 177 Å². The van der Waals surface area contributed by atoms with Gasteiger partial charge in [-0.15, -0.1) is 0 Å². The summed E-state index contributed by atoms with van der Waals surface area (Å²) in [5.74, 6) is -0.0852. The maximum atomic E-state index is 10.8. The molecule has 0 saturated carbocycles. The number of amides is 1. The fourth-order valence-corrected chi connectivity index (χ4v) is 3.32. The Hall–Kier alpha value is -4.46. The van der Waals surface area contributed by atoms with Crippen molar-refractivity contribution in [2.45, 2.75) is 6.61 Å². The van der Waals surface area contributed by atoms with Gasteiger partial charge in [0.05, 0.1) is 11.2 Å². The van der Waals surface area contributed by atoms with Gasteiger partial charge in [-0.25, -0.2) is 9.78 Å². The minimum absolute atomic E-state index is 0.0852. The van der Waals surface area contributed by atoms with Crippen molar-refractivity contribution in [3.05, 3.63) is 84.2 Å². The van der Waals surface area contributed by atoms with Gasteiger partial charge in [0.2, 0.25) is 0 Å². The predicted octanol–water partition coefficient (Wildman–Crippen LogP) is 3.65. The van der Waals surface area contributed by atoms with Crippen LogP contribution in [0.25, 0.3) is 33.3 Å². The highest BCUT2D eigenvalue weighted by Crippen LogP contribution is 2.34. The van der Waals surface area contributed by atoms with E-state index >= 15 is 0 Å². The van der Waals surface area contributed by atoms with Gasteiger partial charge in [-0.05, 0) is 23.3 Å². The lowest BCUT2D eigenvalue weighted by atomic mass is 9.96. The second kappa shape index (κ2) is 8.50. The van der Waals surface area contributed by atoms with E-state index in [1.54, 1.807) is 12.3 Å². The van der Waals surface area contributed by atoms with Gasteiger partial charge < -0.3 is 21.4 Å². The van der Waals surface area contributed by atoms with Crippen LogP contribution in [-0.2, 0) is 11.3 Å². The van der Waals surface area contributed by atoms with E-state index < -0.39 is 6.09 Å². The minimum atomic E-state index is -0.818. The number of rotatable bonds is 5. The molecule has 5 N–H and O–H groups in total. The summed E-state index contributed by atoms with van der Waals surface area (Å²) in [4.78, 5) is 20.0. The fraction of sp³-hybridized carbons (Fsp3) is 0.0435. The zero-order valence-corrected chi connectivity index (χ0v) is 16.4. The molecule has 4 aromatic rings. The van der Waals surface area contributed by atoms with E-state index in [2.05, 4.69) is 10.1 Å². The first-order valence-electron chi connectivity index (χ1n) is 9.41. The van der Waals surface area contributed by atoms with Crippen molar-refractivity contribution in [1.29, 1.82) is 0 Å². The standard InChI is InChI=1S/C23H19N5O3/c24-22(28-30)21-18-12-17(15-4-2-1-3-5-15)20(27-19(18)10-11-26-21)16-8-6-14(7-9-16)13-31-23(25)29/h1-12,30H,13H2,(H2,24,28)(H2,25,29). The number of amidine groups is 1. The molecule has 0 bridgehead atoms. The van der Waals surface area contributed by atoms with E-state index in [0.717, 1.165) is 27.9 Å². The van der Waals surface area contributed by atoms with Crippen LogP contribution in [0.3, 0.4) is 0 Å². The van der Waals surface area contributed by atoms with Gasteiger partial charge in [-0.2, -0.15) is 0 Å². The molecule has 154 valence electrons. The summed E-state index contributed by atoms with van der Waals surface area (Å²) < 4.78 is 4.84. The first kappa shape index (κ1) is 19.8. The third-order valence-corrected chi connectivity index (χ3v) is 4.79. The van der Waals surface area contributed by atoms with Gasteiger partial charge in [0.25, 0.3) is 0 Å². The molecule has 8 heteroatoms. The molecule has 0 radical (unpaired) electrons. The number of nitrogens with two attached hydrogens (primary N) is 2. The van der Waals surface area contributed by atoms with E-state index in [1.165, 1.54) is 0 Å². The lowest BCUT2D eigenvalue weighted by Crippen LogP contribution is -2.15. The highest BCUT2D eigenvalue weighted by atomic mass is 16.5. The molecule has 0 aliphatic heterocycles. The third-order valence-electron chi connectivity index (χ3n) is 4.79. The lowest BCUT2D eigenvalue weighted by Gasteiger charge is -2.13. The molecule has 0 aliphatic carbocycles. The van der Waals surface area contributed by atoms with Crippen LogP contribution in [0.15, 0.2) is 78.1 Å². The predicted molar refractivity (Wildman–Crippen MR) is 117 cm³/mol. The van der Waals surface area contributed by atoms with E-state index in [9.17, 15) is 4.79 Å². The number of nitrogens with zero attached hydrogens (tertiary/aromatic N) is 3. The van der Waals surface area contributed by atoms with Crippen LogP contribution in [0.1, 0.15) is 11.3 Å². The average Bonchev–Trinajstić information content (AvgIpc) is 2.82. The van der Waals surface area contributed by atoms with Crippen molar-refractivity contribution >= 4 is 22.8 Å². The number of pyridine rings is 2. The van der Waals surface area contributed by atoms with Gasteiger partial charge in [0.15, 0.2) is 5.84 Å². The van der Waals surface area contributed by atoms with Gasteiger partial charge in [0.1, 0.15) is 12.3 Å². The molecule has 0 fully saturated rings. The summed E-state index contributed by atoms with van der Waals surface area (Å²) in [6.07, 6.45) is 0.751. The number of hydrogen-bond donors (Lipinski definition) is 3. The van der Waals surface area contributed by atoms with E-state index in [0.29, 0.717) is 16.6 Å². The first-order chi connectivity index (χ1) is 15.1. The van der Waals surface area contributed by atoms with Gasteiger partial charge >= 0.3 is 6.09 Å². The zero-order chi connectivity index (χ0) is 21.8. The van der Waals surface area contributed by atoms with E-state index in [1.807, 2.05) is 60.7 Å². The van der Waals surface area contributed by atoms with Crippen molar-refractivity contribution in [1.82, 2.24) is 9.97 Å². The maximum absolute atomic E-state index is 10.8. The topological polar surface area (TPSA) is 137 Å². The normalized spacial score (nSPS) is 11.4. The molecular formula is C23H19N5O3. The Morgan fingerprint density at radius 2 is 1.74 bits per heavy atom. The lowest BCUT2D eigenvalue weighted by molar-refractivity contribution is 0.150. The number of benzene rings is 2. The smallest absolute Gasteiger partial charge is 0.404 e. The number of primary amides is 1. The van der Waals surface area contributed by atoms with Crippen molar-refractivity contribution in [2.24, 2.45) is 16.6 Å². The highest BCUT2D eigenvalue weighted by molar-refractivity contribution is 6.07. The number of fused-ring (bicyclic) bond motifs is 1. The molecule has 0 aliphatic rings. The monoisotopic (exact) mass is 413 g/mol. The maximum Gasteiger partial charge on any atom is 0.404 e. The first-order valence-corrected chi connectivity index (χ1v) is 9.41. The number of aromatic nitrogens is 2. The van der Waals surface area contributed by atoms with Crippen molar-refractivity contribution in [2.75, 3.05) is 0 Å². The minimum Gasteiger partial charge on any atom is -0.445 e. The summed E-state index contributed by atoms with van der Waals surface area (Å²) in [6.45, 7) is 0.0983. The molecule has 0 atom stereocenters. The largest absolute Gasteiger partial charge is 0.445 e. The molecule has 2 aromatic heterocycles. The number of ether oxygens (including phenoxy) is 1. The molecular weight excluding hydrogens is 394 g/mol. The van der Waals surface area contributed by atoms with Crippen molar-refractivity contribution in [3.8, 4) is 22.4 Å². The Bertz CT molecular complexity index is 1270. The van der Waals surface area contributed by atoms with Crippen molar-refractivity contribution in [3.63, 3.8) is 0 Å². The Morgan fingerprint density at radius 3 is 2.42 bits per heavy atom. The van der Waals surface area contributed by atoms with Crippen LogP contribution < -0.4 is 11.5 Å². The van der Waals surface area contributed by atoms with Gasteiger partial charge in [0, 0.05) is 22.7 Å². The molecule has 4 rings (SSSR count). The molecule has 2 heterocycles. The summed E-state index contributed by atoms with van der Waals surface area (Å²) in [5, 5.41) is 12.9. The van der Waals surface area contributed by atoms with Crippen LogP contribution in [0, 0.1) is 0 Å². The Balaban J connectivity index is 1.89. The molecule has 0 saturated heterocycles. The summed E-state index contributed by atoms with van der Waals surface area (Å²) in [5.41, 5.74) is 16.2. The molecule has 2 aromatic carbocycles. The number of hydrogen-bond acceptors (Lipinski definition) is 6. The number of carbonyl (C=O) groups is 1. The molecule has 0 unspecified atom stereocenters. The molecule has 0 spiro atoms. The van der Waals surface area contributed by atoms with Crippen LogP contribution in [0.4, 0.5) is 4.79 Å². The number of oxime groups is 1. The second-order valence-corrected chi connectivity index (χ2v) is 6.77. The third kappa shape index (κ3) is 4.13. The fourth-order valence-electron chi connectivity index (χ4n) is 3.32. The molecule has 8 nitrogen and oxygen atoms in total. The quantitative estimate of drug-likeness (QED) is 0.198. The summed E-state index contributed by atoms with van der Waals surface area (Å²) in [6, 6.07) is 21.0. The zero-order valence-electron chi connectivity index (χ0n) is 16.4. The van der Waals surface area contributed by atoms with Crippen molar-refractivity contribution < 1.29 is 14.7 Å². The SMILES string of the molecule is NC(=O)OCc1ccc(-c2nc3ccnc(C(N)=NO)c3cc2-c2ccccc2)cc1. The van der Waals surface area contributed by atoms with E-state index in [-0.39, 0.29) is 12.4 Å². The van der Waals surface area contributed by atoms with Crippen LogP contribution in [0.5, 0.6) is 0 Å². The summed E-state index contributed by atoms with van der Waals surface area (Å²) in [7, 11) is 0. The van der Waals surface area contributed by atoms with Crippen LogP contribution in [0.2, 0.25) is 0 Å². The van der Waals surface area contributed by atoms with E-state index in [4.69, 9.17) is 26.4 Å². The Kier molecular flexibility index (Phi) is 5.44. The second-order valence-electron chi connectivity index (χ2n) is 6.77.